The smallest absolute Gasteiger partial charge is 0.271 e. The second-order valence-corrected chi connectivity index (χ2v) is 9.50. The lowest BCUT2D eigenvalue weighted by Crippen LogP contribution is -2.27. The van der Waals surface area contributed by atoms with E-state index in [1.807, 2.05) is 24.3 Å². The minimum absolute atomic E-state index is 0.136. The van der Waals surface area contributed by atoms with Crippen molar-refractivity contribution in [3.8, 4) is 0 Å². The molecule has 5 rings (SSSR count). The maximum atomic E-state index is 13.2. The number of nitro groups is 1. The molecule has 1 atom stereocenters. The number of anilines is 2. The van der Waals surface area contributed by atoms with Crippen molar-refractivity contribution < 1.29 is 14.5 Å². The SMILES string of the molecule is O=C(Cc1cnc[nH]1)Nc1ccc(C2=NC(Cc3ccccc3Br)C(=O)Nc3cc([N+](=O)[O-])ccc32)cc1. The molecule has 0 saturated heterocycles. The summed E-state index contributed by atoms with van der Waals surface area (Å²) in [6.07, 6.45) is 3.59. The molecular weight excluding hydrogens is 552 g/mol. The third kappa shape index (κ3) is 5.52. The molecule has 0 spiro atoms. The van der Waals surface area contributed by atoms with Gasteiger partial charge in [-0.15, -0.1) is 0 Å². The zero-order chi connectivity index (χ0) is 26.6. The summed E-state index contributed by atoms with van der Waals surface area (Å²) in [6.45, 7) is 0. The van der Waals surface area contributed by atoms with Crippen LogP contribution in [0.15, 0.2) is 88.7 Å². The first-order valence-electron chi connectivity index (χ1n) is 11.7. The van der Waals surface area contributed by atoms with Gasteiger partial charge in [-0.2, -0.15) is 0 Å². The number of imidazole rings is 1. The van der Waals surface area contributed by atoms with Crippen molar-refractivity contribution in [3.63, 3.8) is 0 Å². The Hall–Kier alpha value is -4.64. The van der Waals surface area contributed by atoms with Crippen LogP contribution in [0.4, 0.5) is 17.1 Å². The van der Waals surface area contributed by atoms with E-state index in [0.29, 0.717) is 40.3 Å². The number of carbonyl (C=O) groups excluding carboxylic acids is 2. The first-order valence-corrected chi connectivity index (χ1v) is 12.4. The molecule has 0 fully saturated rings. The predicted octanol–water partition coefficient (Wildman–Crippen LogP) is 4.66. The lowest BCUT2D eigenvalue weighted by Gasteiger charge is -2.13. The van der Waals surface area contributed by atoms with Crippen molar-refractivity contribution in [2.24, 2.45) is 4.99 Å². The van der Waals surface area contributed by atoms with Crippen molar-refractivity contribution in [3.05, 3.63) is 116 Å². The Bertz CT molecular complexity index is 1550. The number of nitro benzene ring substituents is 1. The van der Waals surface area contributed by atoms with E-state index in [9.17, 15) is 19.7 Å². The molecule has 3 aromatic carbocycles. The highest BCUT2D eigenvalue weighted by Gasteiger charge is 2.28. The van der Waals surface area contributed by atoms with Crippen LogP contribution >= 0.6 is 15.9 Å². The van der Waals surface area contributed by atoms with E-state index in [2.05, 4.69) is 36.5 Å². The van der Waals surface area contributed by atoms with Crippen LogP contribution in [0, 0.1) is 10.1 Å². The third-order valence-electron chi connectivity index (χ3n) is 6.03. The maximum Gasteiger partial charge on any atom is 0.271 e. The molecule has 2 amide bonds. The van der Waals surface area contributed by atoms with Crippen molar-refractivity contribution >= 4 is 50.5 Å². The van der Waals surface area contributed by atoms with E-state index in [1.165, 1.54) is 18.5 Å². The Labute approximate surface area is 225 Å². The average molecular weight is 573 g/mol. The van der Waals surface area contributed by atoms with Crippen LogP contribution in [0.25, 0.3) is 0 Å². The summed E-state index contributed by atoms with van der Waals surface area (Å²) >= 11 is 3.53. The van der Waals surface area contributed by atoms with Gasteiger partial charge < -0.3 is 15.6 Å². The zero-order valence-corrected chi connectivity index (χ0v) is 21.4. The molecule has 1 aliphatic rings. The number of fused-ring (bicyclic) bond motifs is 1. The molecule has 0 radical (unpaired) electrons. The van der Waals surface area contributed by atoms with Gasteiger partial charge >= 0.3 is 0 Å². The van der Waals surface area contributed by atoms with E-state index in [0.717, 1.165) is 10.0 Å². The van der Waals surface area contributed by atoms with E-state index >= 15 is 0 Å². The molecule has 1 aromatic heterocycles. The summed E-state index contributed by atoms with van der Waals surface area (Å²) in [5.41, 5.74) is 4.15. The van der Waals surface area contributed by atoms with Gasteiger partial charge in [0.1, 0.15) is 6.04 Å². The number of carbonyl (C=O) groups is 2. The number of halogens is 1. The number of benzene rings is 3. The van der Waals surface area contributed by atoms with E-state index < -0.39 is 11.0 Å². The molecular formula is C27H21BrN6O4. The number of hydrogen-bond donors (Lipinski definition) is 3. The van der Waals surface area contributed by atoms with Crippen molar-refractivity contribution in [2.75, 3.05) is 10.6 Å². The lowest BCUT2D eigenvalue weighted by atomic mass is 9.99. The monoisotopic (exact) mass is 572 g/mol. The van der Waals surface area contributed by atoms with Gasteiger partial charge in [0, 0.05) is 51.7 Å². The molecule has 1 aliphatic heterocycles. The number of nitrogens with one attached hydrogen (secondary N) is 3. The van der Waals surface area contributed by atoms with Gasteiger partial charge in [0.15, 0.2) is 0 Å². The highest BCUT2D eigenvalue weighted by atomic mass is 79.9. The highest BCUT2D eigenvalue weighted by Crippen LogP contribution is 2.30. The largest absolute Gasteiger partial charge is 0.348 e. The van der Waals surface area contributed by atoms with Gasteiger partial charge in [-0.1, -0.05) is 46.3 Å². The summed E-state index contributed by atoms with van der Waals surface area (Å²) < 4.78 is 0.858. The summed E-state index contributed by atoms with van der Waals surface area (Å²) in [6, 6.07) is 18.2. The fourth-order valence-electron chi connectivity index (χ4n) is 4.17. The molecule has 1 unspecified atom stereocenters. The molecule has 10 nitrogen and oxygen atoms in total. The average Bonchev–Trinajstić information content (AvgIpc) is 3.36. The number of aromatic nitrogens is 2. The van der Waals surface area contributed by atoms with Gasteiger partial charge in [0.25, 0.3) is 5.69 Å². The molecule has 38 heavy (non-hydrogen) atoms. The molecule has 3 N–H and O–H groups in total. The van der Waals surface area contributed by atoms with Crippen LogP contribution in [0.5, 0.6) is 0 Å². The van der Waals surface area contributed by atoms with E-state index in [-0.39, 0.29) is 23.9 Å². The van der Waals surface area contributed by atoms with Crippen LogP contribution in [-0.2, 0) is 22.4 Å². The van der Waals surface area contributed by atoms with Gasteiger partial charge in [-0.05, 0) is 29.8 Å². The number of nitrogens with zero attached hydrogens (tertiary/aromatic N) is 3. The third-order valence-corrected chi connectivity index (χ3v) is 6.81. The van der Waals surface area contributed by atoms with E-state index in [1.54, 1.807) is 36.5 Å². The number of amides is 2. The first kappa shape index (κ1) is 25.0. The van der Waals surface area contributed by atoms with Crippen LogP contribution in [0.3, 0.4) is 0 Å². The Balaban J connectivity index is 1.48. The summed E-state index contributed by atoms with van der Waals surface area (Å²) in [7, 11) is 0. The molecule has 0 bridgehead atoms. The topological polar surface area (TPSA) is 142 Å². The maximum absolute atomic E-state index is 13.2. The fourth-order valence-corrected chi connectivity index (χ4v) is 4.61. The van der Waals surface area contributed by atoms with Crippen LogP contribution in [-0.4, -0.2) is 38.5 Å². The number of non-ortho nitro benzene ring substituents is 1. The Kier molecular flexibility index (Phi) is 7.09. The zero-order valence-electron chi connectivity index (χ0n) is 19.8. The van der Waals surface area contributed by atoms with Gasteiger partial charge in [-0.25, -0.2) is 4.98 Å². The summed E-state index contributed by atoms with van der Waals surface area (Å²) in [4.78, 5) is 48.1. The minimum atomic E-state index is -0.774. The van der Waals surface area contributed by atoms with Crippen LogP contribution in [0.2, 0.25) is 0 Å². The number of aliphatic imine (C=N–C) groups is 1. The quantitative estimate of drug-likeness (QED) is 0.218. The molecule has 4 aromatic rings. The van der Waals surface area contributed by atoms with Gasteiger partial charge in [-0.3, -0.25) is 24.7 Å². The lowest BCUT2D eigenvalue weighted by molar-refractivity contribution is -0.384. The minimum Gasteiger partial charge on any atom is -0.348 e. The van der Waals surface area contributed by atoms with Crippen molar-refractivity contribution in [1.29, 1.82) is 0 Å². The number of aromatic amines is 1. The molecule has 0 saturated carbocycles. The Morgan fingerprint density at radius 1 is 1.11 bits per heavy atom. The van der Waals surface area contributed by atoms with E-state index in [4.69, 9.17) is 4.99 Å². The first-order chi connectivity index (χ1) is 18.4. The van der Waals surface area contributed by atoms with Crippen LogP contribution < -0.4 is 10.6 Å². The summed E-state index contributed by atoms with van der Waals surface area (Å²) in [5.74, 6) is -0.560. The number of benzodiazepines with no additional fused rings is 1. The summed E-state index contributed by atoms with van der Waals surface area (Å²) in [5, 5.41) is 17.1. The number of rotatable bonds is 7. The van der Waals surface area contributed by atoms with Gasteiger partial charge in [0.05, 0.1) is 29.1 Å². The predicted molar refractivity (Wildman–Crippen MR) is 146 cm³/mol. The highest BCUT2D eigenvalue weighted by molar-refractivity contribution is 9.10. The van der Waals surface area contributed by atoms with Crippen LogP contribution in [0.1, 0.15) is 22.4 Å². The Morgan fingerprint density at radius 2 is 1.89 bits per heavy atom. The molecule has 11 heteroatoms. The van der Waals surface area contributed by atoms with Gasteiger partial charge in [0.2, 0.25) is 11.8 Å². The standard InChI is InChI=1S/C27H21BrN6O4/c28-22-4-2-1-3-17(22)11-24-27(36)33-23-13-20(34(37)38)9-10-21(23)26(32-24)16-5-7-18(8-6-16)31-25(35)12-19-14-29-15-30-19/h1-10,13-15,24H,11-12H2,(H,29,30)(H,31,35)(H,33,36). The second-order valence-electron chi connectivity index (χ2n) is 8.64. The normalized spacial score (nSPS) is 14.6. The number of H-pyrrole nitrogens is 1. The molecule has 0 aliphatic carbocycles. The van der Waals surface area contributed by atoms with Crippen molar-refractivity contribution in [1.82, 2.24) is 9.97 Å². The molecule has 190 valence electrons. The second kappa shape index (κ2) is 10.8. The Morgan fingerprint density at radius 3 is 2.61 bits per heavy atom. The number of hydrogen-bond acceptors (Lipinski definition) is 6. The molecule has 2 heterocycles. The van der Waals surface area contributed by atoms with Crippen molar-refractivity contribution in [2.45, 2.75) is 18.9 Å². The fraction of sp³-hybridized carbons (Fsp3) is 0.111.